The molecule has 2 aliphatic rings. The summed E-state index contributed by atoms with van der Waals surface area (Å²) >= 11 is 0. The fraction of sp³-hybridized carbons (Fsp3) is 0.682. The lowest BCUT2D eigenvalue weighted by Crippen LogP contribution is -2.45. The van der Waals surface area contributed by atoms with E-state index in [4.69, 9.17) is 10.5 Å². The van der Waals surface area contributed by atoms with Gasteiger partial charge in [0.15, 0.2) is 5.96 Å². The Morgan fingerprint density at radius 1 is 1.00 bits per heavy atom. The van der Waals surface area contributed by atoms with Crippen molar-refractivity contribution in [1.82, 2.24) is 20.0 Å². The van der Waals surface area contributed by atoms with Crippen molar-refractivity contribution in [2.45, 2.75) is 26.4 Å². The third-order valence-corrected chi connectivity index (χ3v) is 5.91. The van der Waals surface area contributed by atoms with Gasteiger partial charge in [-0.15, -0.1) is 24.0 Å². The minimum atomic E-state index is 0. The van der Waals surface area contributed by atoms with Crippen molar-refractivity contribution in [1.29, 1.82) is 0 Å². The minimum absolute atomic E-state index is 0. The number of ether oxygens (including phenoxy) is 1. The van der Waals surface area contributed by atoms with Crippen molar-refractivity contribution >= 4 is 29.9 Å². The molecular weight excluding hydrogens is 491 g/mol. The van der Waals surface area contributed by atoms with Crippen molar-refractivity contribution in [3.63, 3.8) is 0 Å². The summed E-state index contributed by atoms with van der Waals surface area (Å²) in [7, 11) is 0. The normalized spacial score (nSPS) is 19.4. The van der Waals surface area contributed by atoms with Crippen LogP contribution in [0.15, 0.2) is 29.3 Å². The number of hydrogen-bond acceptors (Lipinski definition) is 5. The maximum absolute atomic E-state index is 6.10. The molecule has 2 fully saturated rings. The molecule has 2 heterocycles. The van der Waals surface area contributed by atoms with Crippen molar-refractivity contribution in [2.75, 3.05) is 72.1 Å². The van der Waals surface area contributed by atoms with E-state index in [-0.39, 0.29) is 24.0 Å². The largest absolute Gasteiger partial charge is 0.379 e. The van der Waals surface area contributed by atoms with E-state index in [2.05, 4.69) is 56.2 Å². The maximum atomic E-state index is 6.10. The van der Waals surface area contributed by atoms with Crippen LogP contribution in [0.5, 0.6) is 0 Å². The summed E-state index contributed by atoms with van der Waals surface area (Å²) in [5, 5.41) is 3.26. The maximum Gasteiger partial charge on any atom is 0.188 e. The van der Waals surface area contributed by atoms with Crippen LogP contribution < -0.4 is 11.1 Å². The third-order valence-electron chi connectivity index (χ3n) is 5.91. The number of nitrogens with two attached hydrogens (primary N) is 1. The van der Waals surface area contributed by atoms with Gasteiger partial charge in [0.1, 0.15) is 0 Å². The Morgan fingerprint density at radius 2 is 1.67 bits per heavy atom. The summed E-state index contributed by atoms with van der Waals surface area (Å²) < 4.78 is 5.38. The quantitative estimate of drug-likeness (QED) is 0.219. The van der Waals surface area contributed by atoms with Gasteiger partial charge in [0.05, 0.1) is 19.8 Å². The van der Waals surface area contributed by atoms with Crippen LogP contribution in [0.1, 0.15) is 24.5 Å². The smallest absolute Gasteiger partial charge is 0.188 e. The van der Waals surface area contributed by atoms with Gasteiger partial charge in [-0.05, 0) is 30.6 Å². The van der Waals surface area contributed by atoms with Gasteiger partial charge in [-0.3, -0.25) is 9.80 Å². The molecule has 0 amide bonds. The first-order valence-corrected chi connectivity index (χ1v) is 11.1. The van der Waals surface area contributed by atoms with Gasteiger partial charge in [-0.1, -0.05) is 31.2 Å². The van der Waals surface area contributed by atoms with Gasteiger partial charge >= 0.3 is 0 Å². The van der Waals surface area contributed by atoms with E-state index < -0.39 is 0 Å². The Hall–Kier alpha value is -0.940. The first-order chi connectivity index (χ1) is 14.2. The second-order valence-corrected chi connectivity index (χ2v) is 7.91. The summed E-state index contributed by atoms with van der Waals surface area (Å²) in [4.78, 5) is 12.1. The summed E-state index contributed by atoms with van der Waals surface area (Å²) in [6, 6.07) is 8.61. The molecule has 1 aromatic rings. The topological polar surface area (TPSA) is 69.4 Å². The molecular formula is C22H39IN6O. The van der Waals surface area contributed by atoms with Gasteiger partial charge in [0.25, 0.3) is 0 Å². The second-order valence-electron chi connectivity index (χ2n) is 7.91. The molecule has 0 radical (unpaired) electrons. The van der Waals surface area contributed by atoms with Crippen LogP contribution in [-0.2, 0) is 17.8 Å². The molecule has 3 rings (SSSR count). The van der Waals surface area contributed by atoms with Crippen LogP contribution in [0.3, 0.4) is 0 Å². The second kappa shape index (κ2) is 14.2. The van der Waals surface area contributed by atoms with Gasteiger partial charge in [-0.25, -0.2) is 4.99 Å². The highest BCUT2D eigenvalue weighted by atomic mass is 127. The van der Waals surface area contributed by atoms with E-state index in [0.29, 0.717) is 12.5 Å². The lowest BCUT2D eigenvalue weighted by molar-refractivity contribution is 0.0376. The number of nitrogens with one attached hydrogen (secondary N) is 1. The molecule has 0 spiro atoms. The number of guanidine groups is 1. The summed E-state index contributed by atoms with van der Waals surface area (Å²) in [6.07, 6.45) is 1.07. The van der Waals surface area contributed by atoms with E-state index in [1.165, 1.54) is 11.1 Å². The standard InChI is InChI=1S/C22H38N6O.HI/c1-2-26-10-12-28(13-11-26)19-21-7-4-3-6-20(21)18-25-22(23)24-8-5-9-27-14-16-29-17-15-27;/h3-4,6-7H,2,5,8-19H2,1H3,(H3,23,24,25);1H. The number of morpholine rings is 1. The van der Waals surface area contributed by atoms with Gasteiger partial charge < -0.3 is 20.7 Å². The fourth-order valence-electron chi connectivity index (χ4n) is 3.94. The van der Waals surface area contributed by atoms with Gasteiger partial charge in [0, 0.05) is 52.4 Å². The lowest BCUT2D eigenvalue weighted by Gasteiger charge is -2.34. The molecule has 30 heavy (non-hydrogen) atoms. The van der Waals surface area contributed by atoms with Crippen LogP contribution in [0.25, 0.3) is 0 Å². The summed E-state index contributed by atoms with van der Waals surface area (Å²) in [6.45, 7) is 15.3. The third kappa shape index (κ3) is 8.66. The molecule has 0 aromatic heterocycles. The number of aliphatic imine (C=N–C) groups is 1. The Balaban J connectivity index is 0.00000320. The molecule has 170 valence electrons. The highest BCUT2D eigenvalue weighted by Crippen LogP contribution is 2.14. The average Bonchev–Trinajstić information content (AvgIpc) is 2.77. The summed E-state index contributed by atoms with van der Waals surface area (Å²) in [5.41, 5.74) is 8.72. The molecule has 0 aliphatic carbocycles. The molecule has 2 aliphatic heterocycles. The molecule has 0 atom stereocenters. The molecule has 0 unspecified atom stereocenters. The molecule has 1 aromatic carbocycles. The molecule has 2 saturated heterocycles. The molecule has 0 bridgehead atoms. The van der Waals surface area contributed by atoms with Crippen LogP contribution in [0.2, 0.25) is 0 Å². The highest BCUT2D eigenvalue weighted by molar-refractivity contribution is 14.0. The van der Waals surface area contributed by atoms with E-state index >= 15 is 0 Å². The zero-order valence-corrected chi connectivity index (χ0v) is 20.7. The minimum Gasteiger partial charge on any atom is -0.379 e. The number of halogens is 1. The van der Waals surface area contributed by atoms with Crippen molar-refractivity contribution in [3.8, 4) is 0 Å². The van der Waals surface area contributed by atoms with E-state index in [1.54, 1.807) is 0 Å². The number of likely N-dealkylation sites (N-methyl/N-ethyl adjacent to an activating group) is 1. The van der Waals surface area contributed by atoms with Crippen LogP contribution >= 0.6 is 24.0 Å². The van der Waals surface area contributed by atoms with Gasteiger partial charge in [-0.2, -0.15) is 0 Å². The Kier molecular flexibility index (Phi) is 12.0. The number of benzene rings is 1. The Labute approximate surface area is 199 Å². The van der Waals surface area contributed by atoms with E-state index in [1.807, 2.05) is 0 Å². The van der Waals surface area contributed by atoms with Crippen molar-refractivity contribution in [2.24, 2.45) is 10.7 Å². The monoisotopic (exact) mass is 530 g/mol. The summed E-state index contributed by atoms with van der Waals surface area (Å²) in [5.74, 6) is 0.540. The number of piperazine rings is 1. The average molecular weight is 530 g/mol. The predicted molar refractivity (Wildman–Crippen MR) is 134 cm³/mol. The van der Waals surface area contributed by atoms with Gasteiger partial charge in [0.2, 0.25) is 0 Å². The number of rotatable bonds is 9. The van der Waals surface area contributed by atoms with Crippen LogP contribution in [0, 0.1) is 0 Å². The van der Waals surface area contributed by atoms with Crippen molar-refractivity contribution in [3.05, 3.63) is 35.4 Å². The highest BCUT2D eigenvalue weighted by Gasteiger charge is 2.16. The fourth-order valence-corrected chi connectivity index (χ4v) is 3.94. The SMILES string of the molecule is CCN1CCN(Cc2ccccc2CN=C(N)NCCCN2CCOCC2)CC1.I. The predicted octanol–water partition coefficient (Wildman–Crippen LogP) is 1.57. The first-order valence-electron chi connectivity index (χ1n) is 11.1. The first kappa shape index (κ1) is 25.3. The van der Waals surface area contributed by atoms with E-state index in [0.717, 1.165) is 85.1 Å². The zero-order chi connectivity index (χ0) is 20.3. The number of hydrogen-bond donors (Lipinski definition) is 2. The zero-order valence-electron chi connectivity index (χ0n) is 18.4. The van der Waals surface area contributed by atoms with Crippen molar-refractivity contribution < 1.29 is 4.74 Å². The van der Waals surface area contributed by atoms with E-state index in [9.17, 15) is 0 Å². The van der Waals surface area contributed by atoms with Crippen LogP contribution in [-0.4, -0.2) is 92.8 Å². The Bertz CT molecular complexity index is 630. The number of nitrogens with zero attached hydrogens (tertiary/aromatic N) is 4. The van der Waals surface area contributed by atoms with Crippen LogP contribution in [0.4, 0.5) is 0 Å². The molecule has 7 nitrogen and oxygen atoms in total. The Morgan fingerprint density at radius 3 is 2.37 bits per heavy atom. The molecule has 8 heteroatoms. The molecule has 3 N–H and O–H groups in total. The molecule has 0 saturated carbocycles. The lowest BCUT2D eigenvalue weighted by atomic mass is 10.1.